The van der Waals surface area contributed by atoms with Gasteiger partial charge in [0.2, 0.25) is 0 Å². The Balaban J connectivity index is 3.19. The largest absolute Gasteiger partial charge is 0.462 e. The molecule has 3 nitrogen and oxygen atoms in total. The number of rotatable bonds is 12. The molecule has 0 N–H and O–H groups in total. The quantitative estimate of drug-likeness (QED) is 0.302. The first-order valence-electron chi connectivity index (χ1n) is 7.52. The van der Waals surface area contributed by atoms with Crippen LogP contribution in [0.1, 0.15) is 65.7 Å². The summed E-state index contributed by atoms with van der Waals surface area (Å²) >= 11 is 0. The predicted octanol–water partition coefficient (Wildman–Crippen LogP) is 4.26. The van der Waals surface area contributed by atoms with Crippen molar-refractivity contribution < 1.29 is 14.3 Å². The Morgan fingerprint density at radius 1 is 1.11 bits per heavy atom. The van der Waals surface area contributed by atoms with Crippen LogP contribution >= 0.6 is 0 Å². The van der Waals surface area contributed by atoms with Gasteiger partial charge in [-0.05, 0) is 33.1 Å². The van der Waals surface area contributed by atoms with Gasteiger partial charge >= 0.3 is 5.97 Å². The minimum absolute atomic E-state index is 0.279. The van der Waals surface area contributed by atoms with Crippen molar-refractivity contribution in [1.82, 2.24) is 0 Å². The van der Waals surface area contributed by atoms with Crippen LogP contribution < -0.4 is 0 Å². The van der Waals surface area contributed by atoms with E-state index in [1.165, 1.54) is 19.3 Å². The highest BCUT2D eigenvalue weighted by atomic mass is 16.5. The second-order valence-electron chi connectivity index (χ2n) is 5.15. The highest BCUT2D eigenvalue weighted by molar-refractivity contribution is 5.86. The van der Waals surface area contributed by atoms with Gasteiger partial charge in [-0.15, -0.1) is 0 Å². The number of ether oxygens (including phenoxy) is 2. The second-order valence-corrected chi connectivity index (χ2v) is 5.15. The molecule has 0 bridgehead atoms. The third-order valence-electron chi connectivity index (χ3n) is 2.97. The zero-order valence-electron chi connectivity index (χ0n) is 12.9. The minimum Gasteiger partial charge on any atom is -0.462 e. The first-order valence-corrected chi connectivity index (χ1v) is 7.52. The van der Waals surface area contributed by atoms with Gasteiger partial charge in [-0.1, -0.05) is 39.2 Å². The maximum absolute atomic E-state index is 11.1. The van der Waals surface area contributed by atoms with E-state index in [2.05, 4.69) is 20.4 Å². The Hall–Kier alpha value is -0.830. The highest BCUT2D eigenvalue weighted by Gasteiger charge is 2.02. The molecule has 0 aliphatic rings. The van der Waals surface area contributed by atoms with Crippen LogP contribution in [-0.4, -0.2) is 25.3 Å². The van der Waals surface area contributed by atoms with Crippen LogP contribution in [-0.2, 0) is 14.3 Å². The Kier molecular flexibility index (Phi) is 11.7. The molecule has 0 spiro atoms. The molecule has 0 saturated carbocycles. The molecule has 112 valence electrons. The topological polar surface area (TPSA) is 35.5 Å². The molecular weight excluding hydrogens is 240 g/mol. The third kappa shape index (κ3) is 12.0. The van der Waals surface area contributed by atoms with Crippen molar-refractivity contribution >= 4 is 5.97 Å². The van der Waals surface area contributed by atoms with Gasteiger partial charge in [0.15, 0.2) is 0 Å². The van der Waals surface area contributed by atoms with E-state index in [4.69, 9.17) is 9.47 Å². The van der Waals surface area contributed by atoms with Crippen molar-refractivity contribution in [2.24, 2.45) is 0 Å². The lowest BCUT2D eigenvalue weighted by atomic mass is 10.1. The van der Waals surface area contributed by atoms with Crippen molar-refractivity contribution in [2.45, 2.75) is 71.8 Å². The zero-order valence-corrected chi connectivity index (χ0v) is 12.9. The summed E-state index contributed by atoms with van der Waals surface area (Å²) in [7, 11) is 0. The fourth-order valence-corrected chi connectivity index (χ4v) is 1.80. The fraction of sp³-hybridized carbons (Fsp3) is 0.812. The normalized spacial score (nSPS) is 12.2. The molecule has 1 unspecified atom stereocenters. The van der Waals surface area contributed by atoms with Crippen molar-refractivity contribution in [3.8, 4) is 0 Å². The summed E-state index contributed by atoms with van der Waals surface area (Å²) in [5, 5.41) is 0. The predicted molar refractivity (Wildman–Crippen MR) is 79.2 cm³/mol. The lowest BCUT2D eigenvalue weighted by molar-refractivity contribution is -0.139. The van der Waals surface area contributed by atoms with E-state index in [0.717, 1.165) is 32.3 Å². The molecule has 0 aromatic rings. The van der Waals surface area contributed by atoms with Gasteiger partial charge < -0.3 is 9.47 Å². The molecule has 0 aromatic carbocycles. The van der Waals surface area contributed by atoms with Gasteiger partial charge in [0.25, 0.3) is 0 Å². The fourth-order valence-electron chi connectivity index (χ4n) is 1.80. The van der Waals surface area contributed by atoms with Crippen LogP contribution in [0.25, 0.3) is 0 Å². The van der Waals surface area contributed by atoms with Crippen LogP contribution in [0.5, 0.6) is 0 Å². The minimum atomic E-state index is -0.279. The Bertz CT molecular complexity index is 248. The molecular formula is C16H30O3. The third-order valence-corrected chi connectivity index (χ3v) is 2.97. The first-order chi connectivity index (χ1) is 9.07. The van der Waals surface area contributed by atoms with E-state index in [1.807, 2.05) is 0 Å². The summed E-state index contributed by atoms with van der Waals surface area (Å²) in [4.78, 5) is 11.1. The van der Waals surface area contributed by atoms with Gasteiger partial charge in [-0.2, -0.15) is 0 Å². The van der Waals surface area contributed by atoms with E-state index in [-0.39, 0.29) is 5.97 Å². The molecule has 0 radical (unpaired) electrons. The monoisotopic (exact) mass is 270 g/mol. The number of hydrogen-bond acceptors (Lipinski definition) is 3. The van der Waals surface area contributed by atoms with Crippen LogP contribution in [0.15, 0.2) is 12.2 Å². The Morgan fingerprint density at radius 2 is 1.68 bits per heavy atom. The van der Waals surface area contributed by atoms with Gasteiger partial charge in [0.1, 0.15) is 0 Å². The molecule has 0 aliphatic heterocycles. The molecule has 0 fully saturated rings. The van der Waals surface area contributed by atoms with Gasteiger partial charge in [-0.3, -0.25) is 0 Å². The summed E-state index contributed by atoms with van der Waals surface area (Å²) in [5.74, 6) is -0.279. The lowest BCUT2D eigenvalue weighted by Gasteiger charge is -2.11. The Labute approximate surface area is 118 Å². The second kappa shape index (κ2) is 12.2. The summed E-state index contributed by atoms with van der Waals surface area (Å²) in [6.07, 6.45) is 8.26. The summed E-state index contributed by atoms with van der Waals surface area (Å²) < 4.78 is 10.7. The maximum atomic E-state index is 11.1. The van der Waals surface area contributed by atoms with Crippen molar-refractivity contribution in [2.75, 3.05) is 13.2 Å². The molecule has 0 rings (SSSR count). The molecule has 3 heteroatoms. The van der Waals surface area contributed by atoms with Crippen LogP contribution in [0.3, 0.4) is 0 Å². The average Bonchev–Trinajstić information content (AvgIpc) is 2.36. The number of hydrogen-bond donors (Lipinski definition) is 0. The summed E-state index contributed by atoms with van der Waals surface area (Å²) in [6, 6.07) is 0. The van der Waals surface area contributed by atoms with Crippen LogP contribution in [0.4, 0.5) is 0 Å². The maximum Gasteiger partial charge on any atom is 0.333 e. The van der Waals surface area contributed by atoms with Crippen molar-refractivity contribution in [3.05, 3.63) is 12.2 Å². The van der Waals surface area contributed by atoms with Gasteiger partial charge in [-0.25, -0.2) is 4.79 Å². The van der Waals surface area contributed by atoms with E-state index in [9.17, 15) is 4.79 Å². The van der Waals surface area contributed by atoms with Crippen LogP contribution in [0.2, 0.25) is 0 Å². The van der Waals surface area contributed by atoms with E-state index in [0.29, 0.717) is 18.3 Å². The molecule has 1 atom stereocenters. The molecule has 0 aromatic heterocycles. The molecule has 0 heterocycles. The van der Waals surface area contributed by atoms with E-state index in [1.54, 1.807) is 6.92 Å². The highest BCUT2D eigenvalue weighted by Crippen LogP contribution is 2.06. The summed E-state index contributed by atoms with van der Waals surface area (Å²) in [5.41, 5.74) is 0.471. The summed E-state index contributed by atoms with van der Waals surface area (Å²) in [6.45, 7) is 10.9. The Morgan fingerprint density at radius 3 is 2.26 bits per heavy atom. The SMILES string of the molecule is C=C(C)C(=O)OCCCCCCCOC(C)CCC. The first kappa shape index (κ1) is 18.2. The lowest BCUT2D eigenvalue weighted by Crippen LogP contribution is -2.08. The molecule has 0 aliphatic carbocycles. The van der Waals surface area contributed by atoms with Crippen molar-refractivity contribution in [1.29, 1.82) is 0 Å². The smallest absolute Gasteiger partial charge is 0.333 e. The van der Waals surface area contributed by atoms with E-state index >= 15 is 0 Å². The molecule has 19 heavy (non-hydrogen) atoms. The number of carbonyl (C=O) groups is 1. The van der Waals surface area contributed by atoms with Gasteiger partial charge in [0.05, 0.1) is 12.7 Å². The van der Waals surface area contributed by atoms with Gasteiger partial charge in [0, 0.05) is 12.2 Å². The number of carbonyl (C=O) groups excluding carboxylic acids is 1. The standard InChI is InChI=1S/C16H30O3/c1-5-11-15(4)18-12-9-7-6-8-10-13-19-16(17)14(2)3/h15H,2,5-13H2,1,3-4H3. The van der Waals surface area contributed by atoms with Crippen molar-refractivity contribution in [3.63, 3.8) is 0 Å². The molecule has 0 amide bonds. The zero-order chi connectivity index (χ0) is 14.5. The average molecular weight is 270 g/mol. The van der Waals surface area contributed by atoms with Crippen LogP contribution in [0, 0.1) is 0 Å². The molecule has 0 saturated heterocycles. The number of esters is 1. The van der Waals surface area contributed by atoms with E-state index < -0.39 is 0 Å². The number of unbranched alkanes of at least 4 members (excludes halogenated alkanes) is 4.